The second-order valence-electron chi connectivity index (χ2n) is 3.97. The van der Waals surface area contributed by atoms with Crippen molar-refractivity contribution in [2.24, 2.45) is 0 Å². The largest absolute Gasteiger partial charge is 0.480 e. The molecule has 0 aliphatic heterocycles. The van der Waals surface area contributed by atoms with Gasteiger partial charge in [-0.3, -0.25) is 9.59 Å². The number of anilines is 1. The van der Waals surface area contributed by atoms with E-state index in [1.54, 1.807) is 0 Å². The van der Waals surface area contributed by atoms with E-state index in [0.717, 1.165) is 6.07 Å². The normalized spacial score (nSPS) is 10.3. The molecule has 0 atom stereocenters. The third-order valence-electron chi connectivity index (χ3n) is 2.57. The van der Waals surface area contributed by atoms with Gasteiger partial charge in [0, 0.05) is 6.20 Å². The van der Waals surface area contributed by atoms with Crippen molar-refractivity contribution >= 4 is 29.2 Å². The van der Waals surface area contributed by atoms with Gasteiger partial charge in [0.1, 0.15) is 18.1 Å². The number of nitrogens with one attached hydrogen (secondary N) is 1. The van der Waals surface area contributed by atoms with Crippen LogP contribution in [-0.4, -0.2) is 21.6 Å². The number of hydrogen-bond donors (Lipinski definition) is 2. The molecule has 1 aromatic carbocycles. The van der Waals surface area contributed by atoms with Gasteiger partial charge in [0.15, 0.2) is 0 Å². The zero-order valence-electron chi connectivity index (χ0n) is 10.1. The highest BCUT2D eigenvalue weighted by Gasteiger charge is 2.16. The third kappa shape index (κ3) is 2.97. The molecule has 0 bridgehead atoms. The van der Waals surface area contributed by atoms with Crippen LogP contribution in [0.25, 0.3) is 0 Å². The molecule has 2 rings (SSSR count). The third-order valence-corrected chi connectivity index (χ3v) is 2.88. The molecule has 1 heterocycles. The summed E-state index contributed by atoms with van der Waals surface area (Å²) in [6.07, 6.45) is 1.45. The first-order valence-corrected chi connectivity index (χ1v) is 5.99. The number of amides is 1. The lowest BCUT2D eigenvalue weighted by Gasteiger charge is -2.10. The van der Waals surface area contributed by atoms with Gasteiger partial charge in [0.05, 0.1) is 10.7 Å². The number of para-hydroxylation sites is 1. The Morgan fingerprint density at radius 2 is 2.05 bits per heavy atom. The van der Waals surface area contributed by atoms with E-state index in [-0.39, 0.29) is 22.9 Å². The van der Waals surface area contributed by atoms with E-state index >= 15 is 0 Å². The van der Waals surface area contributed by atoms with Gasteiger partial charge in [-0.25, -0.2) is 4.39 Å². The quantitative estimate of drug-likeness (QED) is 0.911. The van der Waals surface area contributed by atoms with Gasteiger partial charge in [-0.15, -0.1) is 0 Å². The number of aromatic nitrogens is 1. The Bertz CT molecular complexity index is 649. The fraction of sp³-hybridized carbons (Fsp3) is 0.0769. The predicted molar refractivity (Wildman–Crippen MR) is 71.4 cm³/mol. The fourth-order valence-electron chi connectivity index (χ4n) is 1.70. The minimum Gasteiger partial charge on any atom is -0.480 e. The lowest BCUT2D eigenvalue weighted by molar-refractivity contribution is -0.137. The summed E-state index contributed by atoms with van der Waals surface area (Å²) in [5.74, 6) is -2.38. The Labute approximate surface area is 118 Å². The van der Waals surface area contributed by atoms with Gasteiger partial charge in [0.2, 0.25) is 0 Å². The topological polar surface area (TPSA) is 71.3 Å². The maximum atomic E-state index is 13.6. The van der Waals surface area contributed by atoms with E-state index in [4.69, 9.17) is 16.7 Å². The van der Waals surface area contributed by atoms with Crippen LogP contribution in [-0.2, 0) is 11.3 Å². The van der Waals surface area contributed by atoms with E-state index in [0.29, 0.717) is 0 Å². The summed E-state index contributed by atoms with van der Waals surface area (Å²) in [7, 11) is 0. The van der Waals surface area contributed by atoms with E-state index in [1.165, 1.54) is 35.0 Å². The number of hydrogen-bond acceptors (Lipinski definition) is 2. The number of aliphatic carboxylic acids is 1. The first kappa shape index (κ1) is 14.1. The van der Waals surface area contributed by atoms with Crippen LogP contribution < -0.4 is 5.32 Å². The first-order chi connectivity index (χ1) is 9.49. The van der Waals surface area contributed by atoms with Crippen LogP contribution in [0.4, 0.5) is 10.1 Å². The van der Waals surface area contributed by atoms with Crippen molar-refractivity contribution < 1.29 is 19.1 Å². The summed E-state index contributed by atoms with van der Waals surface area (Å²) < 4.78 is 14.8. The molecule has 0 aliphatic rings. The lowest BCUT2D eigenvalue weighted by Crippen LogP contribution is -2.20. The molecule has 2 N–H and O–H groups in total. The van der Waals surface area contributed by atoms with Gasteiger partial charge >= 0.3 is 5.97 Å². The fourth-order valence-corrected chi connectivity index (χ4v) is 1.91. The Kier molecular flexibility index (Phi) is 4.05. The highest BCUT2D eigenvalue weighted by atomic mass is 35.5. The minimum absolute atomic E-state index is 0.0645. The Morgan fingerprint density at radius 3 is 2.70 bits per heavy atom. The van der Waals surface area contributed by atoms with Crippen molar-refractivity contribution in [3.05, 3.63) is 53.1 Å². The molecular weight excluding hydrogens is 287 g/mol. The molecule has 0 fully saturated rings. The van der Waals surface area contributed by atoms with Crippen molar-refractivity contribution in [3.63, 3.8) is 0 Å². The monoisotopic (exact) mass is 296 g/mol. The summed E-state index contributed by atoms with van der Waals surface area (Å²) in [5.41, 5.74) is -0.0334. The van der Waals surface area contributed by atoms with Gasteiger partial charge in [-0.05, 0) is 24.3 Å². The van der Waals surface area contributed by atoms with Gasteiger partial charge < -0.3 is 15.0 Å². The lowest BCUT2D eigenvalue weighted by atomic mass is 10.3. The van der Waals surface area contributed by atoms with Crippen molar-refractivity contribution in [2.45, 2.75) is 6.54 Å². The van der Waals surface area contributed by atoms with Crippen LogP contribution in [0.3, 0.4) is 0 Å². The van der Waals surface area contributed by atoms with Crippen LogP contribution in [0, 0.1) is 5.82 Å². The Hall–Kier alpha value is -2.34. The molecule has 20 heavy (non-hydrogen) atoms. The number of nitrogens with zero attached hydrogens (tertiary/aromatic N) is 1. The smallest absolute Gasteiger partial charge is 0.323 e. The highest BCUT2D eigenvalue weighted by Crippen LogP contribution is 2.25. The molecule has 5 nitrogen and oxygen atoms in total. The summed E-state index contributed by atoms with van der Waals surface area (Å²) in [4.78, 5) is 22.7. The summed E-state index contributed by atoms with van der Waals surface area (Å²) in [5, 5.41) is 11.1. The van der Waals surface area contributed by atoms with Crippen LogP contribution >= 0.6 is 11.6 Å². The second-order valence-corrected chi connectivity index (χ2v) is 4.37. The summed E-state index contributed by atoms with van der Waals surface area (Å²) in [6, 6.07) is 6.99. The number of benzene rings is 1. The average Bonchev–Trinajstić information content (AvgIpc) is 2.81. The van der Waals surface area contributed by atoms with Gasteiger partial charge in [-0.2, -0.15) is 0 Å². The number of carbonyl (C=O) groups excluding carboxylic acids is 1. The molecule has 0 saturated heterocycles. The zero-order chi connectivity index (χ0) is 14.7. The molecule has 7 heteroatoms. The number of carbonyl (C=O) groups is 2. The molecule has 0 saturated carbocycles. The number of halogens is 2. The minimum atomic E-state index is -1.08. The second kappa shape index (κ2) is 5.75. The number of rotatable bonds is 4. The molecule has 0 radical (unpaired) electrons. The van der Waals surface area contributed by atoms with Gasteiger partial charge in [-0.1, -0.05) is 17.7 Å². The summed E-state index contributed by atoms with van der Waals surface area (Å²) in [6.45, 7) is -0.360. The van der Waals surface area contributed by atoms with E-state index in [9.17, 15) is 14.0 Å². The highest BCUT2D eigenvalue weighted by molar-refractivity contribution is 6.33. The van der Waals surface area contributed by atoms with Crippen LogP contribution in [0.5, 0.6) is 0 Å². The number of carboxylic acids is 1. The standard InChI is InChI=1S/C13H10ClFN2O3/c14-8-3-1-4-9(15)12(8)16-13(20)10-5-2-6-17(10)7-11(18)19/h1-6H,7H2,(H,16,20)(H,18,19). The zero-order valence-corrected chi connectivity index (χ0v) is 10.9. The van der Waals surface area contributed by atoms with Crippen molar-refractivity contribution in [3.8, 4) is 0 Å². The Morgan fingerprint density at radius 1 is 1.30 bits per heavy atom. The average molecular weight is 297 g/mol. The van der Waals surface area contributed by atoms with Crippen molar-refractivity contribution in [2.75, 3.05) is 5.32 Å². The van der Waals surface area contributed by atoms with Crippen molar-refractivity contribution in [1.82, 2.24) is 4.57 Å². The molecule has 1 amide bonds. The van der Waals surface area contributed by atoms with E-state index < -0.39 is 17.7 Å². The molecule has 0 spiro atoms. The molecule has 2 aromatic rings. The SMILES string of the molecule is O=C(O)Cn1cccc1C(=O)Nc1c(F)cccc1Cl. The predicted octanol–water partition coefficient (Wildman–Crippen LogP) is 2.62. The summed E-state index contributed by atoms with van der Waals surface area (Å²) >= 11 is 5.80. The van der Waals surface area contributed by atoms with Crippen LogP contribution in [0.2, 0.25) is 5.02 Å². The number of carboxylic acid groups (broad SMARTS) is 1. The maximum absolute atomic E-state index is 13.6. The van der Waals surface area contributed by atoms with E-state index in [1.807, 2.05) is 0 Å². The molecule has 104 valence electrons. The molecule has 1 aromatic heterocycles. The first-order valence-electron chi connectivity index (χ1n) is 5.61. The molecule has 0 unspecified atom stereocenters. The van der Waals surface area contributed by atoms with Crippen LogP contribution in [0.15, 0.2) is 36.5 Å². The van der Waals surface area contributed by atoms with Gasteiger partial charge in [0.25, 0.3) is 5.91 Å². The Balaban J connectivity index is 2.25. The maximum Gasteiger partial charge on any atom is 0.323 e. The van der Waals surface area contributed by atoms with Crippen LogP contribution in [0.1, 0.15) is 10.5 Å². The molecule has 0 aliphatic carbocycles. The van der Waals surface area contributed by atoms with E-state index in [2.05, 4.69) is 5.32 Å². The molecular formula is C13H10ClFN2O3. The van der Waals surface area contributed by atoms with Crippen molar-refractivity contribution in [1.29, 1.82) is 0 Å².